The third kappa shape index (κ3) is 2.49. The predicted octanol–water partition coefficient (Wildman–Crippen LogP) is 3.11. The summed E-state index contributed by atoms with van der Waals surface area (Å²) in [6, 6.07) is 7.74. The van der Waals surface area contributed by atoms with Crippen molar-refractivity contribution in [1.29, 1.82) is 0 Å². The van der Waals surface area contributed by atoms with Gasteiger partial charge in [0.1, 0.15) is 0 Å². The van der Waals surface area contributed by atoms with Gasteiger partial charge in [0, 0.05) is 13.1 Å². The van der Waals surface area contributed by atoms with Crippen LogP contribution in [0.5, 0.6) is 0 Å². The fourth-order valence-corrected chi connectivity index (χ4v) is 2.58. The summed E-state index contributed by atoms with van der Waals surface area (Å²) < 4.78 is 1.03. The van der Waals surface area contributed by atoms with Crippen LogP contribution in [0.2, 0.25) is 0 Å². The van der Waals surface area contributed by atoms with Crippen LogP contribution in [-0.4, -0.2) is 28.9 Å². The third-order valence-electron chi connectivity index (χ3n) is 2.46. The van der Waals surface area contributed by atoms with Crippen molar-refractivity contribution < 1.29 is 4.79 Å². The Kier molecular flexibility index (Phi) is 3.89. The lowest BCUT2D eigenvalue weighted by molar-refractivity contribution is 0.0790. The number of nitrogens with zero attached hydrogens (tertiary/aromatic N) is 2. The highest BCUT2D eigenvalue weighted by atomic mass is 32.1. The summed E-state index contributed by atoms with van der Waals surface area (Å²) in [6.45, 7) is 8.31. The maximum absolute atomic E-state index is 12.3. The largest absolute Gasteiger partial charge is 0.329 e. The van der Waals surface area contributed by atoms with E-state index in [1.54, 1.807) is 17.1 Å². The molecule has 0 unspecified atom stereocenters. The number of hydrogen-bond donors (Lipinski definition) is 0. The molecule has 3 nitrogen and oxygen atoms in total. The zero-order valence-electron chi connectivity index (χ0n) is 10.0. The van der Waals surface area contributed by atoms with Crippen LogP contribution in [0.1, 0.15) is 9.80 Å². The molecular weight excluding hydrogens is 244 g/mol. The molecule has 1 amide bonds. The van der Waals surface area contributed by atoms with Crippen molar-refractivity contribution in [1.82, 2.24) is 9.88 Å². The Balaban J connectivity index is 2.30. The first kappa shape index (κ1) is 12.5. The van der Waals surface area contributed by atoms with Crippen LogP contribution in [0.4, 0.5) is 0 Å². The summed E-state index contributed by atoms with van der Waals surface area (Å²) in [6.07, 6.45) is 3.41. The van der Waals surface area contributed by atoms with Crippen LogP contribution in [0.3, 0.4) is 0 Å². The fourth-order valence-electron chi connectivity index (χ4n) is 1.65. The van der Waals surface area contributed by atoms with E-state index in [1.807, 2.05) is 24.3 Å². The van der Waals surface area contributed by atoms with Gasteiger partial charge in [-0.1, -0.05) is 24.3 Å². The van der Waals surface area contributed by atoms with Crippen LogP contribution < -0.4 is 0 Å². The number of hydrogen-bond acceptors (Lipinski definition) is 3. The Hall–Kier alpha value is -1.94. The van der Waals surface area contributed by atoms with Crippen molar-refractivity contribution >= 4 is 27.5 Å². The molecule has 0 fully saturated rings. The predicted molar refractivity (Wildman–Crippen MR) is 75.9 cm³/mol. The molecule has 0 aliphatic carbocycles. The molecule has 4 heteroatoms. The van der Waals surface area contributed by atoms with Crippen molar-refractivity contribution in [3.8, 4) is 0 Å². The molecule has 2 aromatic rings. The minimum absolute atomic E-state index is 0.0731. The van der Waals surface area contributed by atoms with E-state index < -0.39 is 0 Å². The standard InChI is InChI=1S/C14H14N2OS/c1-3-9-16(10-4-2)14(17)13-15-11-7-5-6-8-12(11)18-13/h3-8H,1-2,9-10H2. The highest BCUT2D eigenvalue weighted by molar-refractivity contribution is 7.20. The number of amides is 1. The minimum atomic E-state index is -0.0731. The molecule has 0 bridgehead atoms. The van der Waals surface area contributed by atoms with E-state index >= 15 is 0 Å². The van der Waals surface area contributed by atoms with Gasteiger partial charge in [0.05, 0.1) is 10.2 Å². The van der Waals surface area contributed by atoms with Crippen molar-refractivity contribution in [2.24, 2.45) is 0 Å². The molecule has 0 N–H and O–H groups in total. The number of aromatic nitrogens is 1. The molecule has 0 saturated carbocycles. The summed E-state index contributed by atoms with van der Waals surface area (Å²) >= 11 is 1.41. The average molecular weight is 258 g/mol. The van der Waals surface area contributed by atoms with Gasteiger partial charge in [0.2, 0.25) is 0 Å². The molecule has 0 radical (unpaired) electrons. The van der Waals surface area contributed by atoms with Crippen LogP contribution in [0.25, 0.3) is 10.2 Å². The molecule has 1 heterocycles. The van der Waals surface area contributed by atoms with Crippen molar-refractivity contribution in [2.75, 3.05) is 13.1 Å². The Bertz CT molecular complexity index is 545. The lowest BCUT2D eigenvalue weighted by Gasteiger charge is -2.17. The molecule has 0 saturated heterocycles. The van der Waals surface area contributed by atoms with Gasteiger partial charge in [0.25, 0.3) is 5.91 Å². The number of rotatable bonds is 5. The van der Waals surface area contributed by atoms with E-state index in [2.05, 4.69) is 18.1 Å². The highest BCUT2D eigenvalue weighted by Gasteiger charge is 2.17. The molecular formula is C14H14N2OS. The van der Waals surface area contributed by atoms with Gasteiger partial charge in [0.15, 0.2) is 5.01 Å². The summed E-state index contributed by atoms with van der Waals surface area (Å²) in [5.41, 5.74) is 0.864. The van der Waals surface area contributed by atoms with Crippen molar-refractivity contribution in [2.45, 2.75) is 0 Å². The second-order valence-electron chi connectivity index (χ2n) is 3.77. The van der Waals surface area contributed by atoms with Gasteiger partial charge in [-0.25, -0.2) is 4.98 Å². The Labute approximate surface area is 110 Å². The first-order valence-electron chi connectivity index (χ1n) is 5.63. The second kappa shape index (κ2) is 5.60. The second-order valence-corrected chi connectivity index (χ2v) is 4.80. The Morgan fingerprint density at radius 2 is 1.94 bits per heavy atom. The van der Waals surface area contributed by atoms with Crippen molar-refractivity contribution in [3.05, 3.63) is 54.6 Å². The maximum atomic E-state index is 12.3. The van der Waals surface area contributed by atoms with Gasteiger partial charge >= 0.3 is 0 Å². The Morgan fingerprint density at radius 1 is 1.28 bits per heavy atom. The van der Waals surface area contributed by atoms with Crippen LogP contribution in [-0.2, 0) is 0 Å². The number of fused-ring (bicyclic) bond motifs is 1. The van der Waals surface area contributed by atoms with Gasteiger partial charge in [-0.15, -0.1) is 24.5 Å². The third-order valence-corrected chi connectivity index (χ3v) is 3.49. The number of carbonyl (C=O) groups excluding carboxylic acids is 1. The van der Waals surface area contributed by atoms with Gasteiger partial charge in [-0.3, -0.25) is 4.79 Å². The topological polar surface area (TPSA) is 33.2 Å². The average Bonchev–Trinajstić information content (AvgIpc) is 2.81. The van der Waals surface area contributed by atoms with E-state index in [4.69, 9.17) is 0 Å². The van der Waals surface area contributed by atoms with E-state index in [0.29, 0.717) is 18.1 Å². The molecule has 2 rings (SSSR count). The summed E-state index contributed by atoms with van der Waals surface area (Å²) in [5, 5.41) is 0.514. The lowest BCUT2D eigenvalue weighted by atomic mass is 10.3. The van der Waals surface area contributed by atoms with Crippen molar-refractivity contribution in [3.63, 3.8) is 0 Å². The zero-order chi connectivity index (χ0) is 13.0. The SMILES string of the molecule is C=CCN(CC=C)C(=O)c1nc2ccccc2s1. The molecule has 92 valence electrons. The summed E-state index contributed by atoms with van der Waals surface area (Å²) in [5.74, 6) is -0.0731. The van der Waals surface area contributed by atoms with E-state index in [1.165, 1.54) is 11.3 Å². The molecule has 0 spiro atoms. The number of carbonyl (C=O) groups is 1. The van der Waals surface area contributed by atoms with E-state index in [-0.39, 0.29) is 5.91 Å². The number of para-hydroxylation sites is 1. The molecule has 1 aromatic heterocycles. The minimum Gasteiger partial charge on any atom is -0.329 e. The molecule has 18 heavy (non-hydrogen) atoms. The first-order chi connectivity index (χ1) is 8.76. The monoisotopic (exact) mass is 258 g/mol. The quantitative estimate of drug-likeness (QED) is 0.772. The van der Waals surface area contributed by atoms with Crippen LogP contribution >= 0.6 is 11.3 Å². The lowest BCUT2D eigenvalue weighted by Crippen LogP contribution is -2.31. The van der Waals surface area contributed by atoms with Crippen LogP contribution in [0, 0.1) is 0 Å². The van der Waals surface area contributed by atoms with Gasteiger partial charge < -0.3 is 4.90 Å². The van der Waals surface area contributed by atoms with E-state index in [9.17, 15) is 4.79 Å². The van der Waals surface area contributed by atoms with Crippen LogP contribution in [0.15, 0.2) is 49.6 Å². The fraction of sp³-hybridized carbons (Fsp3) is 0.143. The van der Waals surface area contributed by atoms with Gasteiger partial charge in [-0.05, 0) is 12.1 Å². The highest BCUT2D eigenvalue weighted by Crippen LogP contribution is 2.22. The summed E-state index contributed by atoms with van der Waals surface area (Å²) in [4.78, 5) is 18.3. The molecule has 0 aliphatic rings. The number of thiazole rings is 1. The van der Waals surface area contributed by atoms with Gasteiger partial charge in [-0.2, -0.15) is 0 Å². The first-order valence-corrected chi connectivity index (χ1v) is 6.44. The van der Waals surface area contributed by atoms with E-state index in [0.717, 1.165) is 10.2 Å². The normalized spacial score (nSPS) is 10.2. The molecule has 1 aromatic carbocycles. The molecule has 0 atom stereocenters. The Morgan fingerprint density at radius 3 is 2.56 bits per heavy atom. The smallest absolute Gasteiger partial charge is 0.283 e. The maximum Gasteiger partial charge on any atom is 0.283 e. The number of benzene rings is 1. The zero-order valence-corrected chi connectivity index (χ0v) is 10.8. The molecule has 0 aliphatic heterocycles. The summed E-state index contributed by atoms with van der Waals surface area (Å²) in [7, 11) is 0.